The highest BCUT2D eigenvalue weighted by atomic mass is 32.2. The number of aromatic nitrogens is 1. The van der Waals surface area contributed by atoms with Crippen molar-refractivity contribution in [1.82, 2.24) is 9.88 Å². The monoisotopic (exact) mass is 393 g/mol. The van der Waals surface area contributed by atoms with Gasteiger partial charge >= 0.3 is 0 Å². The van der Waals surface area contributed by atoms with E-state index >= 15 is 0 Å². The van der Waals surface area contributed by atoms with Gasteiger partial charge in [-0.1, -0.05) is 18.2 Å². The molecule has 2 aromatic rings. The van der Waals surface area contributed by atoms with E-state index in [4.69, 9.17) is 0 Å². The second-order valence-corrected chi connectivity index (χ2v) is 9.29. The van der Waals surface area contributed by atoms with Crippen molar-refractivity contribution >= 4 is 38.1 Å². The molecule has 0 saturated carbocycles. The Morgan fingerprint density at radius 2 is 2.04 bits per heavy atom. The Morgan fingerprint density at radius 3 is 2.69 bits per heavy atom. The lowest BCUT2D eigenvalue weighted by Crippen LogP contribution is -2.38. The van der Waals surface area contributed by atoms with E-state index in [1.54, 1.807) is 36.7 Å². The van der Waals surface area contributed by atoms with Gasteiger partial charge in [0.2, 0.25) is 5.91 Å². The Morgan fingerprint density at radius 1 is 1.31 bits per heavy atom. The molecule has 0 aliphatic carbocycles. The van der Waals surface area contributed by atoms with Crippen LogP contribution in [0.15, 0.2) is 35.7 Å². The van der Waals surface area contributed by atoms with Crippen LogP contribution in [-0.2, 0) is 21.1 Å². The predicted octanol–water partition coefficient (Wildman–Crippen LogP) is 1.58. The van der Waals surface area contributed by atoms with Crippen LogP contribution in [0.4, 0.5) is 5.13 Å². The molecule has 3 rings (SSSR count). The summed E-state index contributed by atoms with van der Waals surface area (Å²) in [6, 6.07) is 8.52. The normalized spacial score (nSPS) is 18.4. The zero-order chi connectivity index (χ0) is 18.7. The SMILES string of the molecule is CN(C(=O)Cc1csc(NC(=O)c2ccccc2)n1)[C@@H]1CCS(=O)(=O)C1. The molecule has 1 aromatic heterocycles. The van der Waals surface area contributed by atoms with Crippen LogP contribution in [0.1, 0.15) is 22.5 Å². The number of thiazole rings is 1. The number of nitrogens with one attached hydrogen (secondary N) is 1. The number of carbonyl (C=O) groups excluding carboxylic acids is 2. The minimum Gasteiger partial charge on any atom is -0.341 e. The van der Waals surface area contributed by atoms with E-state index in [-0.39, 0.29) is 35.8 Å². The molecule has 1 N–H and O–H groups in total. The first kappa shape index (κ1) is 18.5. The van der Waals surface area contributed by atoms with Crippen LogP contribution in [0, 0.1) is 0 Å². The molecule has 26 heavy (non-hydrogen) atoms. The lowest BCUT2D eigenvalue weighted by Gasteiger charge is -2.23. The van der Waals surface area contributed by atoms with Gasteiger partial charge in [-0.25, -0.2) is 13.4 Å². The minimum absolute atomic E-state index is 0.0185. The van der Waals surface area contributed by atoms with E-state index in [2.05, 4.69) is 10.3 Å². The van der Waals surface area contributed by atoms with Crippen molar-refractivity contribution < 1.29 is 18.0 Å². The molecule has 1 atom stereocenters. The molecule has 1 aromatic carbocycles. The zero-order valence-corrected chi connectivity index (χ0v) is 15.8. The van der Waals surface area contributed by atoms with Gasteiger partial charge in [-0.3, -0.25) is 14.9 Å². The fourth-order valence-corrected chi connectivity index (χ4v) is 5.25. The Kier molecular flexibility index (Phi) is 5.38. The third kappa shape index (κ3) is 4.47. The van der Waals surface area contributed by atoms with Crippen LogP contribution in [0.3, 0.4) is 0 Å². The summed E-state index contributed by atoms with van der Waals surface area (Å²) < 4.78 is 23.1. The van der Waals surface area contributed by atoms with Gasteiger partial charge in [-0.2, -0.15) is 0 Å². The number of nitrogens with zero attached hydrogens (tertiary/aromatic N) is 2. The number of sulfone groups is 1. The average Bonchev–Trinajstić information content (AvgIpc) is 3.20. The summed E-state index contributed by atoms with van der Waals surface area (Å²) in [5.74, 6) is -0.295. The van der Waals surface area contributed by atoms with E-state index in [0.29, 0.717) is 22.8 Å². The lowest BCUT2D eigenvalue weighted by atomic mass is 10.2. The maximum Gasteiger partial charge on any atom is 0.257 e. The van der Waals surface area contributed by atoms with Gasteiger partial charge < -0.3 is 4.90 Å². The Bertz CT molecular complexity index is 909. The molecule has 2 amide bonds. The van der Waals surface area contributed by atoms with E-state index < -0.39 is 9.84 Å². The molecule has 0 radical (unpaired) electrons. The van der Waals surface area contributed by atoms with Gasteiger partial charge in [-0.15, -0.1) is 11.3 Å². The van der Waals surface area contributed by atoms with Crippen molar-refractivity contribution in [3.63, 3.8) is 0 Å². The first-order chi connectivity index (χ1) is 12.3. The second kappa shape index (κ2) is 7.55. The summed E-state index contributed by atoms with van der Waals surface area (Å²) in [6.45, 7) is 0. The quantitative estimate of drug-likeness (QED) is 0.832. The molecule has 0 unspecified atom stereocenters. The molecule has 1 saturated heterocycles. The smallest absolute Gasteiger partial charge is 0.257 e. The van der Waals surface area contributed by atoms with E-state index in [0.717, 1.165) is 0 Å². The van der Waals surface area contributed by atoms with Crippen LogP contribution in [0.25, 0.3) is 0 Å². The molecular weight excluding hydrogens is 374 g/mol. The van der Waals surface area contributed by atoms with Crippen LogP contribution in [0.2, 0.25) is 0 Å². The fourth-order valence-electron chi connectivity index (χ4n) is 2.77. The first-order valence-corrected chi connectivity index (χ1v) is 10.8. The Labute approximate surface area is 156 Å². The molecular formula is C17H19N3O4S2. The van der Waals surface area contributed by atoms with E-state index in [1.165, 1.54) is 16.2 Å². The summed E-state index contributed by atoms with van der Waals surface area (Å²) in [6.07, 6.45) is 0.546. The van der Waals surface area contributed by atoms with Crippen molar-refractivity contribution in [2.75, 3.05) is 23.9 Å². The number of likely N-dealkylation sites (N-methyl/N-ethyl adjacent to an activating group) is 1. The molecule has 9 heteroatoms. The van der Waals surface area contributed by atoms with Crippen molar-refractivity contribution in [2.24, 2.45) is 0 Å². The third-order valence-electron chi connectivity index (χ3n) is 4.29. The van der Waals surface area contributed by atoms with Gasteiger partial charge in [0.25, 0.3) is 5.91 Å². The zero-order valence-electron chi connectivity index (χ0n) is 14.2. The highest BCUT2D eigenvalue weighted by Crippen LogP contribution is 2.20. The van der Waals surface area contributed by atoms with Gasteiger partial charge in [0.1, 0.15) is 0 Å². The van der Waals surface area contributed by atoms with Crippen LogP contribution in [0.5, 0.6) is 0 Å². The number of hydrogen-bond donors (Lipinski definition) is 1. The van der Waals surface area contributed by atoms with Crippen molar-refractivity contribution in [3.05, 3.63) is 47.0 Å². The maximum absolute atomic E-state index is 12.4. The Hall–Kier alpha value is -2.26. The largest absolute Gasteiger partial charge is 0.341 e. The predicted molar refractivity (Wildman–Crippen MR) is 100 cm³/mol. The highest BCUT2D eigenvalue weighted by Gasteiger charge is 2.32. The molecule has 2 heterocycles. The van der Waals surface area contributed by atoms with Crippen LogP contribution >= 0.6 is 11.3 Å². The number of carbonyl (C=O) groups is 2. The molecule has 0 bridgehead atoms. The summed E-state index contributed by atoms with van der Waals surface area (Å²) in [5, 5.41) is 4.86. The minimum atomic E-state index is -3.04. The van der Waals surface area contributed by atoms with Crippen LogP contribution in [-0.4, -0.2) is 54.7 Å². The fraction of sp³-hybridized carbons (Fsp3) is 0.353. The summed E-state index contributed by atoms with van der Waals surface area (Å²) in [5.41, 5.74) is 1.08. The lowest BCUT2D eigenvalue weighted by molar-refractivity contribution is -0.130. The molecule has 0 spiro atoms. The molecule has 1 aliphatic heterocycles. The van der Waals surface area contributed by atoms with Crippen molar-refractivity contribution in [2.45, 2.75) is 18.9 Å². The Balaban J connectivity index is 1.58. The average molecular weight is 393 g/mol. The number of rotatable bonds is 5. The number of amides is 2. The first-order valence-electron chi connectivity index (χ1n) is 8.11. The molecule has 1 aliphatic rings. The van der Waals surface area contributed by atoms with Gasteiger partial charge in [0, 0.05) is 24.0 Å². The summed E-state index contributed by atoms with van der Waals surface area (Å²) >= 11 is 1.25. The number of hydrogen-bond acceptors (Lipinski definition) is 6. The van der Waals surface area contributed by atoms with Gasteiger partial charge in [0.15, 0.2) is 15.0 Å². The number of anilines is 1. The van der Waals surface area contributed by atoms with Crippen LogP contribution < -0.4 is 5.32 Å². The van der Waals surface area contributed by atoms with E-state index in [1.807, 2.05) is 6.07 Å². The van der Waals surface area contributed by atoms with E-state index in [9.17, 15) is 18.0 Å². The summed E-state index contributed by atoms with van der Waals surface area (Å²) in [4.78, 5) is 30.3. The van der Waals surface area contributed by atoms with Gasteiger partial charge in [-0.05, 0) is 18.6 Å². The second-order valence-electron chi connectivity index (χ2n) is 6.20. The summed E-state index contributed by atoms with van der Waals surface area (Å²) in [7, 11) is -1.41. The molecule has 138 valence electrons. The molecule has 1 fully saturated rings. The maximum atomic E-state index is 12.4. The van der Waals surface area contributed by atoms with Gasteiger partial charge in [0.05, 0.1) is 23.6 Å². The highest BCUT2D eigenvalue weighted by molar-refractivity contribution is 7.91. The molecule has 7 nitrogen and oxygen atoms in total. The van der Waals surface area contributed by atoms with Crippen molar-refractivity contribution in [3.8, 4) is 0 Å². The standard InChI is InChI=1S/C17H19N3O4S2/c1-20(14-7-8-26(23,24)11-14)15(21)9-13-10-25-17(18-13)19-16(22)12-5-3-2-4-6-12/h2-6,10,14H,7-9,11H2,1H3,(H,18,19,22)/t14-/m1/s1. The third-order valence-corrected chi connectivity index (χ3v) is 6.85. The van der Waals surface area contributed by atoms with Crippen molar-refractivity contribution in [1.29, 1.82) is 0 Å². The topological polar surface area (TPSA) is 96.4 Å². The number of benzene rings is 1.